The number of carbonyl (C=O) groups is 2. The van der Waals surface area contributed by atoms with E-state index in [9.17, 15) is 14.7 Å². The standard InChI is InChI=1S/C32H41N3O4/c1-20(2)30(37)26(17-16-24-25(32(34)38)14-9-15-27(24)33)28(18-23-12-6-5-7-13-23)35-29(36)19-39-31-21(3)10-8-11-22(31)4/h5-15,20,26,28,30,37H,16-19,33H2,1-4H3,(H2,34,38)(H,35,36). The first-order valence-electron chi connectivity index (χ1n) is 13.5. The van der Waals surface area contributed by atoms with Crippen molar-refractivity contribution in [1.29, 1.82) is 0 Å². The van der Waals surface area contributed by atoms with Crippen molar-refractivity contribution in [3.8, 4) is 5.75 Å². The van der Waals surface area contributed by atoms with Gasteiger partial charge in [0.05, 0.1) is 6.10 Å². The largest absolute Gasteiger partial charge is 0.483 e. The number of nitrogens with two attached hydrogens (primary N) is 2. The molecule has 0 saturated heterocycles. The maximum Gasteiger partial charge on any atom is 0.258 e. The number of anilines is 1. The summed E-state index contributed by atoms with van der Waals surface area (Å²) < 4.78 is 5.91. The molecule has 3 aromatic rings. The van der Waals surface area contributed by atoms with Crippen LogP contribution >= 0.6 is 0 Å². The number of primary amides is 1. The molecule has 0 radical (unpaired) electrons. The molecule has 0 aliphatic heterocycles. The number of aliphatic hydroxyl groups is 1. The van der Waals surface area contributed by atoms with Crippen LogP contribution in [0, 0.1) is 25.7 Å². The highest BCUT2D eigenvalue weighted by molar-refractivity contribution is 5.95. The summed E-state index contributed by atoms with van der Waals surface area (Å²) in [6.45, 7) is 7.66. The van der Waals surface area contributed by atoms with Crippen LogP contribution < -0.4 is 21.5 Å². The molecule has 7 heteroatoms. The minimum Gasteiger partial charge on any atom is -0.483 e. The highest BCUT2D eigenvalue weighted by atomic mass is 16.5. The lowest BCUT2D eigenvalue weighted by atomic mass is 9.80. The van der Waals surface area contributed by atoms with Gasteiger partial charge in [0, 0.05) is 23.2 Å². The predicted molar refractivity (Wildman–Crippen MR) is 156 cm³/mol. The van der Waals surface area contributed by atoms with Crippen molar-refractivity contribution in [3.63, 3.8) is 0 Å². The Morgan fingerprint density at radius 1 is 0.949 bits per heavy atom. The molecule has 0 fully saturated rings. The summed E-state index contributed by atoms with van der Waals surface area (Å²) in [5.74, 6) is -0.494. The highest BCUT2D eigenvalue weighted by Crippen LogP contribution is 2.28. The summed E-state index contributed by atoms with van der Waals surface area (Å²) in [4.78, 5) is 25.3. The van der Waals surface area contributed by atoms with Crippen LogP contribution in [-0.2, 0) is 17.6 Å². The van der Waals surface area contributed by atoms with Gasteiger partial charge in [-0.3, -0.25) is 9.59 Å². The summed E-state index contributed by atoms with van der Waals surface area (Å²) in [5, 5.41) is 14.5. The fourth-order valence-electron chi connectivity index (χ4n) is 5.12. The third-order valence-electron chi connectivity index (χ3n) is 7.25. The molecule has 3 aromatic carbocycles. The second-order valence-electron chi connectivity index (χ2n) is 10.5. The Hall–Kier alpha value is -3.84. The molecule has 3 rings (SSSR count). The van der Waals surface area contributed by atoms with E-state index in [-0.39, 0.29) is 30.4 Å². The Morgan fingerprint density at radius 2 is 1.59 bits per heavy atom. The minimum atomic E-state index is -0.708. The average molecular weight is 532 g/mol. The van der Waals surface area contributed by atoms with Gasteiger partial charge in [0.25, 0.3) is 5.91 Å². The Balaban J connectivity index is 1.87. The maximum absolute atomic E-state index is 13.2. The van der Waals surface area contributed by atoms with Crippen LogP contribution in [0.15, 0.2) is 66.7 Å². The van der Waals surface area contributed by atoms with Gasteiger partial charge in [-0.15, -0.1) is 0 Å². The van der Waals surface area contributed by atoms with Crippen molar-refractivity contribution in [2.45, 2.75) is 59.1 Å². The molecule has 3 unspecified atom stereocenters. The van der Waals surface area contributed by atoms with Gasteiger partial charge in [0.2, 0.25) is 5.91 Å². The fourth-order valence-corrected chi connectivity index (χ4v) is 5.12. The molecule has 39 heavy (non-hydrogen) atoms. The van der Waals surface area contributed by atoms with Crippen LogP contribution in [0.4, 0.5) is 5.69 Å². The Kier molecular flexibility index (Phi) is 10.5. The first-order valence-corrected chi connectivity index (χ1v) is 13.5. The predicted octanol–water partition coefficient (Wildman–Crippen LogP) is 4.36. The molecule has 0 aliphatic carbocycles. The second-order valence-corrected chi connectivity index (χ2v) is 10.5. The van der Waals surface area contributed by atoms with Gasteiger partial charge in [0.1, 0.15) is 5.75 Å². The lowest BCUT2D eigenvalue weighted by Crippen LogP contribution is -2.49. The molecule has 0 bridgehead atoms. The first kappa shape index (κ1) is 29.7. The van der Waals surface area contributed by atoms with Crippen LogP contribution in [0.25, 0.3) is 0 Å². The number of nitrogen functional groups attached to an aromatic ring is 1. The van der Waals surface area contributed by atoms with Crippen molar-refractivity contribution in [2.24, 2.45) is 17.6 Å². The molecule has 208 valence electrons. The van der Waals surface area contributed by atoms with Gasteiger partial charge >= 0.3 is 0 Å². The third kappa shape index (κ3) is 8.07. The number of aliphatic hydroxyl groups excluding tert-OH is 1. The molecule has 2 amide bonds. The third-order valence-corrected chi connectivity index (χ3v) is 7.25. The van der Waals surface area contributed by atoms with Gasteiger partial charge in [0.15, 0.2) is 6.61 Å². The number of hydrogen-bond acceptors (Lipinski definition) is 5. The minimum absolute atomic E-state index is 0.0558. The topological polar surface area (TPSA) is 128 Å². The van der Waals surface area contributed by atoms with Gasteiger partial charge in [-0.2, -0.15) is 0 Å². The summed E-state index contributed by atoms with van der Waals surface area (Å²) >= 11 is 0. The van der Waals surface area contributed by atoms with Gasteiger partial charge in [-0.25, -0.2) is 0 Å². The number of nitrogens with one attached hydrogen (secondary N) is 1. The average Bonchev–Trinajstić information content (AvgIpc) is 2.89. The summed E-state index contributed by atoms with van der Waals surface area (Å²) in [5.41, 5.74) is 16.3. The van der Waals surface area contributed by atoms with Crippen molar-refractivity contribution >= 4 is 17.5 Å². The zero-order chi connectivity index (χ0) is 28.5. The van der Waals surface area contributed by atoms with Crippen LogP contribution in [0.5, 0.6) is 5.75 Å². The molecule has 6 N–H and O–H groups in total. The van der Waals surface area contributed by atoms with Crippen LogP contribution in [-0.4, -0.2) is 35.7 Å². The van der Waals surface area contributed by atoms with E-state index in [4.69, 9.17) is 16.2 Å². The van der Waals surface area contributed by atoms with Gasteiger partial charge in [-0.1, -0.05) is 68.4 Å². The van der Waals surface area contributed by atoms with Crippen LogP contribution in [0.1, 0.15) is 52.9 Å². The van der Waals surface area contributed by atoms with E-state index in [0.717, 1.165) is 16.7 Å². The Labute approximate surface area is 231 Å². The molecule has 0 spiro atoms. The molecular formula is C32H41N3O4. The summed E-state index contributed by atoms with van der Waals surface area (Å²) in [7, 11) is 0. The number of hydrogen-bond donors (Lipinski definition) is 4. The maximum atomic E-state index is 13.2. The van der Waals surface area contributed by atoms with E-state index in [1.807, 2.05) is 76.2 Å². The quantitative estimate of drug-likeness (QED) is 0.244. The summed E-state index contributed by atoms with van der Waals surface area (Å²) in [6.07, 6.45) is 0.737. The number of benzene rings is 3. The molecule has 0 saturated carbocycles. The SMILES string of the molecule is Cc1cccc(C)c1OCC(=O)NC(Cc1ccccc1)C(CCc1c(N)cccc1C(N)=O)C(O)C(C)C. The molecule has 0 heterocycles. The molecule has 3 atom stereocenters. The van der Waals surface area contributed by atoms with Crippen molar-refractivity contribution in [2.75, 3.05) is 12.3 Å². The molecular weight excluding hydrogens is 490 g/mol. The van der Waals surface area contributed by atoms with Crippen molar-refractivity contribution in [3.05, 3.63) is 94.5 Å². The first-order chi connectivity index (χ1) is 18.6. The normalized spacial score (nSPS) is 13.5. The molecule has 7 nitrogen and oxygen atoms in total. The van der Waals surface area contributed by atoms with E-state index < -0.39 is 12.0 Å². The van der Waals surface area contributed by atoms with Crippen molar-refractivity contribution in [1.82, 2.24) is 5.32 Å². The van der Waals surface area contributed by atoms with E-state index in [0.29, 0.717) is 41.8 Å². The second kappa shape index (κ2) is 13.8. The van der Waals surface area contributed by atoms with E-state index in [1.54, 1.807) is 18.2 Å². The van der Waals surface area contributed by atoms with Crippen LogP contribution in [0.2, 0.25) is 0 Å². The monoisotopic (exact) mass is 531 g/mol. The number of para-hydroxylation sites is 1. The molecule has 0 aromatic heterocycles. The number of rotatable bonds is 13. The van der Waals surface area contributed by atoms with Crippen molar-refractivity contribution < 1.29 is 19.4 Å². The van der Waals surface area contributed by atoms with Gasteiger partial charge in [-0.05, 0) is 73.4 Å². The van der Waals surface area contributed by atoms with E-state index in [1.165, 1.54) is 0 Å². The smallest absolute Gasteiger partial charge is 0.258 e. The summed E-state index contributed by atoms with van der Waals surface area (Å²) in [6, 6.07) is 20.4. The van der Waals surface area contributed by atoms with E-state index in [2.05, 4.69) is 5.32 Å². The zero-order valence-corrected chi connectivity index (χ0v) is 23.3. The zero-order valence-electron chi connectivity index (χ0n) is 23.3. The Morgan fingerprint density at radius 3 is 2.21 bits per heavy atom. The van der Waals surface area contributed by atoms with Crippen LogP contribution in [0.3, 0.4) is 0 Å². The number of aryl methyl sites for hydroxylation is 2. The number of amides is 2. The lowest BCUT2D eigenvalue weighted by molar-refractivity contribution is -0.124. The fraction of sp³-hybridized carbons (Fsp3) is 0.375. The lowest BCUT2D eigenvalue weighted by Gasteiger charge is -2.34. The molecule has 0 aliphatic rings. The Bertz CT molecular complexity index is 1240. The number of ether oxygens (including phenoxy) is 1. The van der Waals surface area contributed by atoms with Gasteiger partial charge < -0.3 is 26.6 Å². The van der Waals surface area contributed by atoms with E-state index >= 15 is 0 Å². The number of carbonyl (C=O) groups excluding carboxylic acids is 2. The highest BCUT2D eigenvalue weighted by Gasteiger charge is 2.32.